The van der Waals surface area contributed by atoms with Gasteiger partial charge in [0.25, 0.3) is 23.6 Å². The van der Waals surface area contributed by atoms with E-state index in [1.165, 1.54) is 0 Å². The summed E-state index contributed by atoms with van der Waals surface area (Å²) in [5, 5.41) is 0. The van der Waals surface area contributed by atoms with Crippen LogP contribution in [0.1, 0.15) is 82.0 Å². The molecule has 0 aromatic heterocycles. The Kier molecular flexibility index (Phi) is 11.1. The van der Waals surface area contributed by atoms with Crippen LogP contribution in [0.25, 0.3) is 0 Å². The number of hydrogen-bond acceptors (Lipinski definition) is 8. The maximum atomic E-state index is 14.1. The molecule has 5 rings (SSSR count). The summed E-state index contributed by atoms with van der Waals surface area (Å²) in [4.78, 5) is 86.9. The quantitative estimate of drug-likeness (QED) is 0.395. The normalized spacial score (nSPS) is 20.1. The standard InChI is InChI=1S/C36H44N4O8/c1-5-23(3)29(39-31(41)25-11-7-8-12-26(25)32(39)42)35(45)37-15-19-47-21-17-38(18-22-48-20-16-37)36(46)30(24(4)6-2)40-33(43)27-13-9-10-14-28(27)34(40)44/h7-14,23-24,29-30H,5-6,15-22H2,1-4H3. The molecule has 0 radical (unpaired) electrons. The Balaban J connectivity index is 1.26. The number of carbonyl (C=O) groups is 6. The third-order valence-electron chi connectivity index (χ3n) is 9.72. The number of fused-ring (bicyclic) bond motifs is 2. The number of rotatable bonds is 8. The molecule has 4 atom stereocenters. The molecule has 48 heavy (non-hydrogen) atoms. The molecular weight excluding hydrogens is 616 g/mol. The summed E-state index contributed by atoms with van der Waals surface area (Å²) >= 11 is 0. The van der Waals surface area contributed by atoms with Gasteiger partial charge in [-0.1, -0.05) is 64.8 Å². The van der Waals surface area contributed by atoms with Gasteiger partial charge in [-0.3, -0.25) is 38.6 Å². The van der Waals surface area contributed by atoms with Gasteiger partial charge in [-0.15, -0.1) is 0 Å². The summed E-state index contributed by atoms with van der Waals surface area (Å²) in [5.41, 5.74) is 1.17. The van der Waals surface area contributed by atoms with Crippen molar-refractivity contribution in [3.05, 3.63) is 70.8 Å². The topological polar surface area (TPSA) is 134 Å². The van der Waals surface area contributed by atoms with Crippen molar-refractivity contribution in [3.63, 3.8) is 0 Å². The first-order chi connectivity index (χ1) is 23.1. The average Bonchev–Trinajstić information content (AvgIpc) is 3.49. The molecule has 0 spiro atoms. The second-order valence-corrected chi connectivity index (χ2v) is 12.6. The Morgan fingerprint density at radius 1 is 0.562 bits per heavy atom. The van der Waals surface area contributed by atoms with E-state index in [0.717, 1.165) is 9.80 Å². The van der Waals surface area contributed by atoms with Crippen LogP contribution in [0.15, 0.2) is 48.5 Å². The molecule has 0 aliphatic carbocycles. The van der Waals surface area contributed by atoms with Gasteiger partial charge in [0.2, 0.25) is 11.8 Å². The molecule has 1 saturated heterocycles. The van der Waals surface area contributed by atoms with Crippen molar-refractivity contribution >= 4 is 35.4 Å². The minimum absolute atomic E-state index is 0.149. The minimum Gasteiger partial charge on any atom is -0.378 e. The third-order valence-corrected chi connectivity index (χ3v) is 9.72. The lowest BCUT2D eigenvalue weighted by Gasteiger charge is -2.36. The molecule has 12 nitrogen and oxygen atoms in total. The number of amides is 6. The average molecular weight is 661 g/mol. The van der Waals surface area contributed by atoms with Crippen LogP contribution in [-0.4, -0.2) is 120 Å². The van der Waals surface area contributed by atoms with Gasteiger partial charge in [0, 0.05) is 26.2 Å². The van der Waals surface area contributed by atoms with Crippen molar-refractivity contribution in [2.24, 2.45) is 11.8 Å². The van der Waals surface area contributed by atoms with E-state index in [1.54, 1.807) is 58.3 Å². The zero-order chi connectivity index (χ0) is 34.5. The highest BCUT2D eigenvalue weighted by Crippen LogP contribution is 2.31. The van der Waals surface area contributed by atoms with Crippen LogP contribution in [0.2, 0.25) is 0 Å². The molecular formula is C36H44N4O8. The predicted molar refractivity (Wildman–Crippen MR) is 175 cm³/mol. The molecule has 6 amide bonds. The first-order valence-corrected chi connectivity index (χ1v) is 16.8. The molecule has 12 heteroatoms. The molecule has 0 bridgehead atoms. The molecule has 2 aromatic carbocycles. The maximum Gasteiger partial charge on any atom is 0.262 e. The lowest BCUT2D eigenvalue weighted by Crippen LogP contribution is -2.55. The summed E-state index contributed by atoms with van der Waals surface area (Å²) in [5.74, 6) is -3.17. The smallest absolute Gasteiger partial charge is 0.262 e. The van der Waals surface area contributed by atoms with Crippen LogP contribution >= 0.6 is 0 Å². The highest BCUT2D eigenvalue weighted by Gasteiger charge is 2.47. The van der Waals surface area contributed by atoms with Crippen molar-refractivity contribution in [3.8, 4) is 0 Å². The van der Waals surface area contributed by atoms with Gasteiger partial charge in [0.05, 0.1) is 48.7 Å². The van der Waals surface area contributed by atoms with Crippen LogP contribution in [-0.2, 0) is 19.1 Å². The largest absolute Gasteiger partial charge is 0.378 e. The Bertz CT molecular complexity index is 1380. The first kappa shape index (κ1) is 34.9. The van der Waals surface area contributed by atoms with E-state index in [1.807, 2.05) is 27.7 Å². The molecule has 3 aliphatic rings. The highest BCUT2D eigenvalue weighted by atomic mass is 16.5. The van der Waals surface area contributed by atoms with Gasteiger partial charge in [-0.2, -0.15) is 0 Å². The van der Waals surface area contributed by atoms with E-state index < -0.39 is 35.7 Å². The monoisotopic (exact) mass is 660 g/mol. The Hall–Kier alpha value is -4.42. The number of carbonyl (C=O) groups excluding carboxylic acids is 6. The molecule has 256 valence electrons. The van der Waals surface area contributed by atoms with Gasteiger partial charge in [0.1, 0.15) is 12.1 Å². The number of ether oxygens (including phenoxy) is 2. The van der Waals surface area contributed by atoms with E-state index in [4.69, 9.17) is 9.47 Å². The van der Waals surface area contributed by atoms with Crippen LogP contribution in [0, 0.1) is 11.8 Å². The lowest BCUT2D eigenvalue weighted by atomic mass is 9.96. The van der Waals surface area contributed by atoms with Crippen LogP contribution in [0.5, 0.6) is 0 Å². The predicted octanol–water partition coefficient (Wildman–Crippen LogP) is 3.11. The number of hydrogen-bond donors (Lipinski definition) is 0. The maximum absolute atomic E-state index is 14.1. The summed E-state index contributed by atoms with van der Waals surface area (Å²) in [6, 6.07) is 11.2. The number of benzene rings is 2. The number of imide groups is 2. The highest BCUT2D eigenvalue weighted by molar-refractivity contribution is 6.23. The first-order valence-electron chi connectivity index (χ1n) is 16.8. The fourth-order valence-electron chi connectivity index (χ4n) is 6.53. The second kappa shape index (κ2) is 15.2. The van der Waals surface area contributed by atoms with Gasteiger partial charge in [0.15, 0.2) is 0 Å². The molecule has 3 aliphatic heterocycles. The molecule has 0 saturated carbocycles. The van der Waals surface area contributed by atoms with Crippen molar-refractivity contribution < 1.29 is 38.2 Å². The summed E-state index contributed by atoms with van der Waals surface area (Å²) in [6.45, 7) is 8.91. The minimum atomic E-state index is -0.983. The van der Waals surface area contributed by atoms with Gasteiger partial charge >= 0.3 is 0 Å². The second-order valence-electron chi connectivity index (χ2n) is 12.6. The van der Waals surface area contributed by atoms with E-state index >= 15 is 0 Å². The number of nitrogens with zero attached hydrogens (tertiary/aromatic N) is 4. The van der Waals surface area contributed by atoms with Crippen LogP contribution < -0.4 is 0 Å². The van der Waals surface area contributed by atoms with E-state index in [0.29, 0.717) is 35.1 Å². The van der Waals surface area contributed by atoms with Gasteiger partial charge < -0.3 is 19.3 Å². The van der Waals surface area contributed by atoms with Crippen molar-refractivity contribution in [2.75, 3.05) is 52.6 Å². The zero-order valence-electron chi connectivity index (χ0n) is 28.1. The molecule has 3 heterocycles. The third kappa shape index (κ3) is 6.64. The Morgan fingerprint density at radius 3 is 1.08 bits per heavy atom. The Labute approximate surface area is 280 Å². The Morgan fingerprint density at radius 2 is 0.833 bits per heavy atom. The fourth-order valence-corrected chi connectivity index (χ4v) is 6.53. The lowest BCUT2D eigenvalue weighted by molar-refractivity contribution is -0.140. The van der Waals surface area contributed by atoms with Crippen molar-refractivity contribution in [2.45, 2.75) is 52.6 Å². The van der Waals surface area contributed by atoms with E-state index in [2.05, 4.69) is 0 Å². The van der Waals surface area contributed by atoms with Gasteiger partial charge in [-0.25, -0.2) is 0 Å². The molecule has 1 fully saturated rings. The van der Waals surface area contributed by atoms with Crippen molar-refractivity contribution in [1.29, 1.82) is 0 Å². The zero-order valence-corrected chi connectivity index (χ0v) is 28.1. The summed E-state index contributed by atoms with van der Waals surface area (Å²) in [6.07, 6.45) is 1.15. The van der Waals surface area contributed by atoms with E-state index in [-0.39, 0.29) is 76.3 Å². The SMILES string of the molecule is CCC(C)C(C(=O)N1CCOCCN(C(=O)C(C(C)CC)N2C(=O)c3ccccc3C2=O)CCOCC1)N1C(=O)c2ccccc2C1=O. The summed E-state index contributed by atoms with van der Waals surface area (Å²) in [7, 11) is 0. The molecule has 2 aromatic rings. The molecule has 4 unspecified atom stereocenters. The fraction of sp³-hybridized carbons (Fsp3) is 0.500. The van der Waals surface area contributed by atoms with Crippen molar-refractivity contribution in [1.82, 2.24) is 19.6 Å². The van der Waals surface area contributed by atoms with E-state index in [9.17, 15) is 28.8 Å². The molecule has 0 N–H and O–H groups in total. The van der Waals surface area contributed by atoms with Crippen LogP contribution in [0.3, 0.4) is 0 Å². The van der Waals surface area contributed by atoms with Gasteiger partial charge in [-0.05, 0) is 36.1 Å². The van der Waals surface area contributed by atoms with Crippen LogP contribution in [0.4, 0.5) is 0 Å². The summed E-state index contributed by atoms with van der Waals surface area (Å²) < 4.78 is 11.8.